The van der Waals surface area contributed by atoms with Crippen molar-refractivity contribution in [2.24, 2.45) is 0 Å². The first-order valence-electron chi connectivity index (χ1n) is 7.88. The van der Waals surface area contributed by atoms with Gasteiger partial charge in [0.1, 0.15) is 12.0 Å². The van der Waals surface area contributed by atoms with Crippen LogP contribution in [0.25, 0.3) is 22.4 Å². The summed E-state index contributed by atoms with van der Waals surface area (Å²) in [7, 11) is 0. The lowest BCUT2D eigenvalue weighted by Gasteiger charge is -2.09. The Labute approximate surface area is 183 Å². The molecule has 0 unspecified atom stereocenters. The highest BCUT2D eigenvalue weighted by atomic mass is 35.5. The Morgan fingerprint density at radius 3 is 2.11 bits per heavy atom. The molecule has 0 amide bonds. The molecule has 2 atom stereocenters. The lowest BCUT2D eigenvalue weighted by molar-refractivity contribution is 0.355. The maximum Gasteiger partial charge on any atom is 0.123 e. The van der Waals surface area contributed by atoms with E-state index in [-0.39, 0.29) is 55.7 Å². The highest BCUT2D eigenvalue weighted by molar-refractivity contribution is 5.86. The molecular weight excluding hydrogens is 431 g/mol. The number of hydrogen-bond acceptors (Lipinski definition) is 2. The largest absolute Gasteiger partial charge is 0.341 e. The maximum atomic E-state index is 13.4. The van der Waals surface area contributed by atoms with E-state index in [0.29, 0.717) is 13.0 Å². The molecule has 1 aliphatic heterocycles. The second-order valence-electron chi connectivity index (χ2n) is 5.89. The number of aromatic amines is 1. The van der Waals surface area contributed by atoms with Crippen LogP contribution in [-0.2, 0) is 0 Å². The third kappa shape index (κ3) is 5.59. The molecule has 1 fully saturated rings. The van der Waals surface area contributed by atoms with E-state index in [1.165, 1.54) is 5.56 Å². The molecule has 4 rings (SSSR count). The highest BCUT2D eigenvalue weighted by Crippen LogP contribution is 2.32. The standard InChI is InChI=1S/C19H18FN3.4ClH/c20-14-10-17(21-11-14)19-22-12-18(23-19)16-9-5-4-8-15(16)13-6-2-1-3-7-13;;;;/h1-9,12,14,17,21H,10-11H2,(H,22,23);4*1H/t14-,17-;;;;/m0..../s1. The molecule has 2 aromatic carbocycles. The van der Waals surface area contributed by atoms with E-state index >= 15 is 0 Å². The Balaban J connectivity index is 0.00000169. The molecule has 0 aliphatic carbocycles. The fourth-order valence-corrected chi connectivity index (χ4v) is 3.14. The first kappa shape index (κ1) is 25.7. The second kappa shape index (κ2) is 11.5. The SMILES string of the molecule is Cl.Cl.Cl.Cl.F[C@@H]1CN[C@H](c2ncc(-c3ccccc3-c3ccccc3)[nH]2)C1. The van der Waals surface area contributed by atoms with Gasteiger partial charge in [-0.05, 0) is 11.1 Å². The van der Waals surface area contributed by atoms with Crippen molar-refractivity contribution in [2.75, 3.05) is 6.54 Å². The van der Waals surface area contributed by atoms with Crippen LogP contribution in [0.1, 0.15) is 18.3 Å². The molecule has 1 aliphatic rings. The minimum absolute atomic E-state index is 0. The molecule has 1 aromatic heterocycles. The molecule has 0 bridgehead atoms. The molecule has 3 aromatic rings. The van der Waals surface area contributed by atoms with Crippen LogP contribution in [0.4, 0.5) is 4.39 Å². The normalized spacial score (nSPS) is 17.7. The number of benzene rings is 2. The van der Waals surface area contributed by atoms with Gasteiger partial charge in [-0.3, -0.25) is 0 Å². The van der Waals surface area contributed by atoms with Crippen LogP contribution >= 0.6 is 49.6 Å². The van der Waals surface area contributed by atoms with E-state index < -0.39 is 6.17 Å². The zero-order valence-corrected chi connectivity index (χ0v) is 17.6. The summed E-state index contributed by atoms with van der Waals surface area (Å²) in [5.74, 6) is 0.808. The third-order valence-electron chi connectivity index (χ3n) is 4.30. The second-order valence-corrected chi connectivity index (χ2v) is 5.89. The number of nitrogens with zero attached hydrogens (tertiary/aromatic N) is 1. The van der Waals surface area contributed by atoms with Crippen molar-refractivity contribution in [1.82, 2.24) is 15.3 Å². The van der Waals surface area contributed by atoms with Crippen LogP contribution in [0.2, 0.25) is 0 Å². The smallest absolute Gasteiger partial charge is 0.123 e. The van der Waals surface area contributed by atoms with Gasteiger partial charge in [0.05, 0.1) is 17.9 Å². The van der Waals surface area contributed by atoms with Crippen LogP contribution in [0.15, 0.2) is 60.8 Å². The molecule has 0 spiro atoms. The summed E-state index contributed by atoms with van der Waals surface area (Å²) in [6, 6.07) is 18.5. The van der Waals surface area contributed by atoms with Crippen LogP contribution in [0.5, 0.6) is 0 Å². The van der Waals surface area contributed by atoms with E-state index in [1.807, 2.05) is 36.5 Å². The average molecular weight is 453 g/mol. The lowest BCUT2D eigenvalue weighted by Crippen LogP contribution is -2.14. The maximum absolute atomic E-state index is 13.4. The fraction of sp³-hybridized carbons (Fsp3) is 0.211. The Morgan fingerprint density at radius 1 is 0.852 bits per heavy atom. The summed E-state index contributed by atoms with van der Waals surface area (Å²) < 4.78 is 13.4. The fourth-order valence-electron chi connectivity index (χ4n) is 3.14. The molecule has 148 valence electrons. The molecule has 1 saturated heterocycles. The summed E-state index contributed by atoms with van der Waals surface area (Å²) in [5, 5.41) is 3.16. The molecule has 8 heteroatoms. The van der Waals surface area contributed by atoms with E-state index in [4.69, 9.17) is 0 Å². The molecule has 2 heterocycles. The summed E-state index contributed by atoms with van der Waals surface area (Å²) >= 11 is 0. The van der Waals surface area contributed by atoms with Gasteiger partial charge in [0, 0.05) is 18.5 Å². The topological polar surface area (TPSA) is 40.7 Å². The zero-order chi connectivity index (χ0) is 15.6. The average Bonchev–Trinajstić information content (AvgIpc) is 3.24. The molecule has 0 saturated carbocycles. The molecule has 27 heavy (non-hydrogen) atoms. The van der Waals surface area contributed by atoms with Crippen LogP contribution in [-0.4, -0.2) is 22.7 Å². The van der Waals surface area contributed by atoms with Gasteiger partial charge < -0.3 is 10.3 Å². The van der Waals surface area contributed by atoms with Gasteiger partial charge in [-0.1, -0.05) is 54.6 Å². The van der Waals surface area contributed by atoms with Crippen molar-refractivity contribution in [3.63, 3.8) is 0 Å². The summed E-state index contributed by atoms with van der Waals surface area (Å²) in [6.07, 6.45) is 1.53. The number of nitrogens with one attached hydrogen (secondary N) is 2. The van der Waals surface area contributed by atoms with E-state index in [9.17, 15) is 4.39 Å². The summed E-state index contributed by atoms with van der Waals surface area (Å²) in [4.78, 5) is 7.82. The molecular formula is C19H22Cl4FN3. The van der Waals surface area contributed by atoms with Gasteiger partial charge in [0.15, 0.2) is 0 Å². The number of halogens is 5. The predicted molar refractivity (Wildman–Crippen MR) is 119 cm³/mol. The van der Waals surface area contributed by atoms with Crippen molar-refractivity contribution < 1.29 is 4.39 Å². The first-order valence-corrected chi connectivity index (χ1v) is 7.88. The Hall–Kier alpha value is -1.30. The van der Waals surface area contributed by atoms with E-state index in [2.05, 4.69) is 39.6 Å². The predicted octanol–water partition coefficient (Wildman–Crippen LogP) is 5.80. The number of alkyl halides is 1. The zero-order valence-electron chi connectivity index (χ0n) is 14.3. The van der Waals surface area contributed by atoms with Crippen molar-refractivity contribution in [2.45, 2.75) is 18.6 Å². The Morgan fingerprint density at radius 2 is 1.48 bits per heavy atom. The van der Waals surface area contributed by atoms with Crippen molar-refractivity contribution >= 4 is 49.6 Å². The first-order chi connectivity index (χ1) is 11.3. The number of aromatic nitrogens is 2. The monoisotopic (exact) mass is 451 g/mol. The van der Waals surface area contributed by atoms with Gasteiger partial charge in [-0.15, -0.1) is 49.6 Å². The van der Waals surface area contributed by atoms with Crippen molar-refractivity contribution in [3.05, 3.63) is 66.6 Å². The van der Waals surface area contributed by atoms with E-state index in [0.717, 1.165) is 22.6 Å². The summed E-state index contributed by atoms with van der Waals surface area (Å²) in [6.45, 7) is 0.404. The van der Waals surface area contributed by atoms with Crippen molar-refractivity contribution in [3.8, 4) is 22.4 Å². The number of imidazole rings is 1. The van der Waals surface area contributed by atoms with Crippen molar-refractivity contribution in [1.29, 1.82) is 0 Å². The Kier molecular flexibility index (Phi) is 11.0. The molecule has 2 N–H and O–H groups in total. The molecule has 0 radical (unpaired) electrons. The number of hydrogen-bond donors (Lipinski definition) is 2. The Bertz CT molecular complexity index is 813. The summed E-state index contributed by atoms with van der Waals surface area (Å²) in [5.41, 5.74) is 4.39. The quantitative estimate of drug-likeness (QED) is 0.526. The van der Waals surface area contributed by atoms with Crippen LogP contribution in [0.3, 0.4) is 0 Å². The molecule has 3 nitrogen and oxygen atoms in total. The highest BCUT2D eigenvalue weighted by Gasteiger charge is 2.27. The lowest BCUT2D eigenvalue weighted by atomic mass is 9.98. The minimum atomic E-state index is -0.787. The van der Waals surface area contributed by atoms with Gasteiger partial charge in [0.25, 0.3) is 0 Å². The van der Waals surface area contributed by atoms with Gasteiger partial charge in [0.2, 0.25) is 0 Å². The van der Waals surface area contributed by atoms with E-state index in [1.54, 1.807) is 0 Å². The number of H-pyrrole nitrogens is 1. The van der Waals surface area contributed by atoms with Gasteiger partial charge >= 0.3 is 0 Å². The number of rotatable bonds is 3. The minimum Gasteiger partial charge on any atom is -0.341 e. The van der Waals surface area contributed by atoms with Gasteiger partial charge in [-0.25, -0.2) is 9.37 Å². The van der Waals surface area contributed by atoms with Crippen LogP contribution in [0, 0.1) is 0 Å². The van der Waals surface area contributed by atoms with Gasteiger partial charge in [-0.2, -0.15) is 0 Å². The van der Waals surface area contributed by atoms with Crippen LogP contribution < -0.4 is 5.32 Å². The third-order valence-corrected chi connectivity index (χ3v) is 4.30.